The lowest BCUT2D eigenvalue weighted by atomic mass is 10.1. The average Bonchev–Trinajstić information content (AvgIpc) is 2.75. The summed E-state index contributed by atoms with van der Waals surface area (Å²) in [6.45, 7) is 1.94. The number of para-hydroxylation sites is 1. The molecule has 2 nitrogen and oxygen atoms in total. The van der Waals surface area contributed by atoms with Crippen molar-refractivity contribution in [1.82, 2.24) is 4.98 Å². The summed E-state index contributed by atoms with van der Waals surface area (Å²) in [5, 5.41) is 1.05. The zero-order valence-corrected chi connectivity index (χ0v) is 11.2. The van der Waals surface area contributed by atoms with Crippen molar-refractivity contribution in [2.75, 3.05) is 0 Å². The molecule has 0 fully saturated rings. The van der Waals surface area contributed by atoms with Crippen molar-refractivity contribution in [3.05, 3.63) is 54.1 Å². The Bertz CT molecular complexity index is 790. The maximum atomic E-state index is 12.3. The van der Waals surface area contributed by atoms with Crippen molar-refractivity contribution in [3.63, 3.8) is 0 Å². The van der Waals surface area contributed by atoms with Crippen LogP contribution in [-0.2, 0) is 0 Å². The summed E-state index contributed by atoms with van der Waals surface area (Å²) < 4.78 is 40.8. The number of benzene rings is 2. The number of alkyl halides is 3. The van der Waals surface area contributed by atoms with E-state index in [1.165, 1.54) is 12.1 Å². The Labute approximate surface area is 119 Å². The number of aryl methyl sites for hydroxylation is 1. The molecule has 1 N–H and O–H groups in total. The Morgan fingerprint density at radius 2 is 1.76 bits per heavy atom. The third-order valence-electron chi connectivity index (χ3n) is 3.32. The number of ether oxygens (including phenoxy) is 1. The van der Waals surface area contributed by atoms with Gasteiger partial charge in [-0.2, -0.15) is 0 Å². The molecule has 0 radical (unpaired) electrons. The zero-order valence-electron chi connectivity index (χ0n) is 11.2. The maximum Gasteiger partial charge on any atom is 0.573 e. The highest BCUT2D eigenvalue weighted by Gasteiger charge is 2.31. The van der Waals surface area contributed by atoms with Crippen LogP contribution < -0.4 is 4.74 Å². The third-order valence-corrected chi connectivity index (χ3v) is 3.32. The molecule has 1 aromatic heterocycles. The monoisotopic (exact) mass is 291 g/mol. The fourth-order valence-electron chi connectivity index (χ4n) is 2.42. The summed E-state index contributed by atoms with van der Waals surface area (Å²) in [7, 11) is 0. The lowest BCUT2D eigenvalue weighted by molar-refractivity contribution is -0.274. The fraction of sp³-hybridized carbons (Fsp3) is 0.125. The van der Waals surface area contributed by atoms with Gasteiger partial charge >= 0.3 is 6.36 Å². The summed E-state index contributed by atoms with van der Waals surface area (Å²) in [4.78, 5) is 3.23. The molecule has 0 spiro atoms. The molecule has 0 aliphatic carbocycles. The maximum absolute atomic E-state index is 12.3. The molecule has 0 saturated carbocycles. The van der Waals surface area contributed by atoms with Crippen molar-refractivity contribution in [2.45, 2.75) is 13.3 Å². The number of nitrogens with one attached hydrogen (secondary N) is 1. The van der Waals surface area contributed by atoms with E-state index in [4.69, 9.17) is 0 Å². The molecule has 3 rings (SSSR count). The van der Waals surface area contributed by atoms with Crippen molar-refractivity contribution < 1.29 is 17.9 Å². The van der Waals surface area contributed by atoms with E-state index in [9.17, 15) is 13.2 Å². The van der Waals surface area contributed by atoms with E-state index in [0.29, 0.717) is 5.56 Å². The number of fused-ring (bicyclic) bond motifs is 1. The largest absolute Gasteiger partial charge is 0.573 e. The first-order valence-corrected chi connectivity index (χ1v) is 6.37. The van der Waals surface area contributed by atoms with E-state index in [-0.39, 0.29) is 5.75 Å². The van der Waals surface area contributed by atoms with Crippen molar-refractivity contribution in [3.8, 4) is 17.0 Å². The first-order valence-electron chi connectivity index (χ1n) is 6.37. The van der Waals surface area contributed by atoms with Gasteiger partial charge in [0.2, 0.25) is 0 Å². The van der Waals surface area contributed by atoms with Crippen LogP contribution in [0.5, 0.6) is 5.75 Å². The summed E-state index contributed by atoms with van der Waals surface area (Å²) in [5.74, 6) is -0.224. The quantitative estimate of drug-likeness (QED) is 0.702. The molecule has 0 amide bonds. The van der Waals surface area contributed by atoms with E-state index < -0.39 is 6.36 Å². The van der Waals surface area contributed by atoms with E-state index >= 15 is 0 Å². The molecule has 0 atom stereocenters. The van der Waals surface area contributed by atoms with Gasteiger partial charge in [0.1, 0.15) is 5.75 Å². The number of aromatic amines is 1. The van der Waals surface area contributed by atoms with Crippen molar-refractivity contribution in [1.29, 1.82) is 0 Å². The van der Waals surface area contributed by atoms with Crippen LogP contribution >= 0.6 is 0 Å². The van der Waals surface area contributed by atoms with Crippen molar-refractivity contribution in [2.24, 2.45) is 0 Å². The van der Waals surface area contributed by atoms with Gasteiger partial charge in [-0.25, -0.2) is 0 Å². The Hall–Kier alpha value is -2.43. The van der Waals surface area contributed by atoms with E-state index in [2.05, 4.69) is 9.72 Å². The summed E-state index contributed by atoms with van der Waals surface area (Å²) in [6, 6.07) is 13.7. The lowest BCUT2D eigenvalue weighted by Crippen LogP contribution is -2.17. The topological polar surface area (TPSA) is 25.0 Å². The Balaban J connectivity index is 2.06. The molecule has 0 saturated heterocycles. The molecule has 2 aromatic carbocycles. The van der Waals surface area contributed by atoms with E-state index in [0.717, 1.165) is 22.2 Å². The van der Waals surface area contributed by atoms with E-state index in [1.54, 1.807) is 12.1 Å². The normalized spacial score (nSPS) is 11.8. The molecule has 1 heterocycles. The first-order chi connectivity index (χ1) is 9.94. The minimum atomic E-state index is -4.69. The second-order valence-corrected chi connectivity index (χ2v) is 4.75. The van der Waals surface area contributed by atoms with Gasteiger partial charge in [0.05, 0.1) is 0 Å². The Morgan fingerprint density at radius 1 is 1.00 bits per heavy atom. The van der Waals surface area contributed by atoms with Gasteiger partial charge in [0.15, 0.2) is 0 Å². The Kier molecular flexibility index (Phi) is 3.12. The molecule has 21 heavy (non-hydrogen) atoms. The second kappa shape index (κ2) is 4.84. The van der Waals surface area contributed by atoms with Gasteiger partial charge in [-0.15, -0.1) is 13.2 Å². The van der Waals surface area contributed by atoms with Crippen LogP contribution in [0.15, 0.2) is 48.5 Å². The minimum Gasteiger partial charge on any atom is -0.406 e. The fourth-order valence-corrected chi connectivity index (χ4v) is 2.42. The molecule has 108 valence electrons. The second-order valence-electron chi connectivity index (χ2n) is 4.75. The SMILES string of the molecule is Cc1c(-c2cccc(OC(F)(F)F)c2)[nH]c2ccccc12. The summed E-state index contributed by atoms with van der Waals surface area (Å²) in [5.41, 5.74) is 3.40. The number of H-pyrrole nitrogens is 1. The van der Waals surface area contributed by atoms with Gasteiger partial charge in [-0.05, 0) is 30.7 Å². The highest BCUT2D eigenvalue weighted by atomic mass is 19.4. The van der Waals surface area contributed by atoms with Crippen LogP contribution in [-0.4, -0.2) is 11.3 Å². The molecule has 0 unspecified atom stereocenters. The number of hydrogen-bond acceptors (Lipinski definition) is 1. The van der Waals surface area contributed by atoms with Crippen LogP contribution in [0.2, 0.25) is 0 Å². The standard InChI is InChI=1S/C16H12F3NO/c1-10-13-7-2-3-8-14(13)20-15(10)11-5-4-6-12(9-11)21-16(17,18)19/h2-9,20H,1H3. The molecule has 0 bridgehead atoms. The van der Waals surface area contributed by atoms with E-state index in [1.807, 2.05) is 31.2 Å². The average molecular weight is 291 g/mol. The van der Waals surface area contributed by atoms with Gasteiger partial charge in [-0.1, -0.05) is 30.3 Å². The first kappa shape index (κ1) is 13.5. The highest BCUT2D eigenvalue weighted by Crippen LogP contribution is 2.32. The molecule has 3 aromatic rings. The zero-order chi connectivity index (χ0) is 15.0. The number of rotatable bonds is 2. The van der Waals surface area contributed by atoms with Crippen LogP contribution in [0, 0.1) is 6.92 Å². The molecule has 0 aliphatic heterocycles. The van der Waals surface area contributed by atoms with Gasteiger partial charge in [0.25, 0.3) is 0 Å². The van der Waals surface area contributed by atoms with Crippen LogP contribution in [0.3, 0.4) is 0 Å². The lowest BCUT2D eigenvalue weighted by Gasteiger charge is -2.10. The molecular formula is C16H12F3NO. The number of aromatic nitrogens is 1. The molecular weight excluding hydrogens is 279 g/mol. The van der Waals surface area contributed by atoms with Crippen LogP contribution in [0.1, 0.15) is 5.56 Å². The van der Waals surface area contributed by atoms with Gasteiger partial charge < -0.3 is 9.72 Å². The van der Waals surface area contributed by atoms with Crippen molar-refractivity contribution >= 4 is 10.9 Å². The number of halogens is 3. The van der Waals surface area contributed by atoms with Crippen LogP contribution in [0.25, 0.3) is 22.2 Å². The highest BCUT2D eigenvalue weighted by molar-refractivity contribution is 5.90. The third kappa shape index (κ3) is 2.72. The Morgan fingerprint density at radius 3 is 2.48 bits per heavy atom. The molecule has 0 aliphatic rings. The smallest absolute Gasteiger partial charge is 0.406 e. The van der Waals surface area contributed by atoms with Gasteiger partial charge in [0, 0.05) is 22.2 Å². The molecule has 5 heteroatoms. The predicted molar refractivity (Wildman–Crippen MR) is 75.2 cm³/mol. The minimum absolute atomic E-state index is 0.224. The summed E-state index contributed by atoms with van der Waals surface area (Å²) >= 11 is 0. The summed E-state index contributed by atoms with van der Waals surface area (Å²) in [6.07, 6.45) is -4.69. The predicted octanol–water partition coefficient (Wildman–Crippen LogP) is 5.04. The number of hydrogen-bond donors (Lipinski definition) is 1. The van der Waals surface area contributed by atoms with Gasteiger partial charge in [-0.3, -0.25) is 0 Å². The van der Waals surface area contributed by atoms with Crippen LogP contribution in [0.4, 0.5) is 13.2 Å².